The van der Waals surface area contributed by atoms with Gasteiger partial charge in [-0.1, -0.05) is 30.4 Å². The van der Waals surface area contributed by atoms with Crippen LogP contribution in [0.4, 0.5) is 0 Å². The fourth-order valence-corrected chi connectivity index (χ4v) is 4.32. The van der Waals surface area contributed by atoms with Gasteiger partial charge in [0.2, 0.25) is 6.79 Å². The summed E-state index contributed by atoms with van der Waals surface area (Å²) in [5.41, 5.74) is 5.01. The van der Waals surface area contributed by atoms with Gasteiger partial charge in [0.05, 0.1) is 11.4 Å². The van der Waals surface area contributed by atoms with Crippen molar-refractivity contribution in [3.63, 3.8) is 0 Å². The second kappa shape index (κ2) is 7.37. The fraction of sp³-hybridized carbons (Fsp3) is 0.250. The van der Waals surface area contributed by atoms with E-state index in [1.807, 2.05) is 29.8 Å². The third-order valence-corrected chi connectivity index (χ3v) is 5.75. The van der Waals surface area contributed by atoms with Gasteiger partial charge in [0.15, 0.2) is 11.5 Å². The van der Waals surface area contributed by atoms with Crippen LogP contribution in [-0.4, -0.2) is 28.5 Å². The first-order valence-electron chi connectivity index (χ1n) is 10.1. The number of aryl methyl sites for hydroxylation is 1. The lowest BCUT2D eigenvalue weighted by atomic mass is 9.96. The second-order valence-electron chi connectivity index (χ2n) is 7.71. The predicted octanol–water partition coefficient (Wildman–Crippen LogP) is 4.06. The molecule has 2 heterocycles. The van der Waals surface area contributed by atoms with E-state index in [1.54, 1.807) is 18.2 Å². The largest absolute Gasteiger partial charge is 0.454 e. The standard InChI is InChI=1S/C24H23N3O3/c1-15-23(16(2)27(26-15)20-6-4-3-5-7-20)17-8-10-19(12-17)25-24(28)18-9-11-21-22(13-18)30-14-29-21/h3-11,13,17,19H,12,14H2,1-2H3,(H,25,28)/t17-,19-/m1/s1. The van der Waals surface area contributed by atoms with E-state index in [1.165, 1.54) is 5.56 Å². The molecule has 1 aliphatic heterocycles. The Balaban J connectivity index is 1.30. The number of rotatable bonds is 4. The Labute approximate surface area is 175 Å². The van der Waals surface area contributed by atoms with Crippen molar-refractivity contribution >= 4 is 5.91 Å². The number of benzene rings is 2. The molecule has 0 fully saturated rings. The van der Waals surface area contributed by atoms with Gasteiger partial charge in [-0.05, 0) is 50.6 Å². The average molecular weight is 401 g/mol. The van der Waals surface area contributed by atoms with Crippen molar-refractivity contribution in [3.8, 4) is 17.2 Å². The van der Waals surface area contributed by atoms with Gasteiger partial charge >= 0.3 is 0 Å². The summed E-state index contributed by atoms with van der Waals surface area (Å²) in [7, 11) is 0. The van der Waals surface area contributed by atoms with Crippen LogP contribution < -0.4 is 14.8 Å². The number of nitrogens with zero attached hydrogens (tertiary/aromatic N) is 2. The van der Waals surface area contributed by atoms with Crippen LogP contribution in [-0.2, 0) is 0 Å². The zero-order valence-corrected chi connectivity index (χ0v) is 17.0. The van der Waals surface area contributed by atoms with E-state index in [-0.39, 0.29) is 24.7 Å². The molecule has 2 aromatic carbocycles. The van der Waals surface area contributed by atoms with Crippen molar-refractivity contribution in [2.45, 2.75) is 32.2 Å². The summed E-state index contributed by atoms with van der Waals surface area (Å²) < 4.78 is 12.7. The second-order valence-corrected chi connectivity index (χ2v) is 7.71. The summed E-state index contributed by atoms with van der Waals surface area (Å²) in [6.07, 6.45) is 5.07. The van der Waals surface area contributed by atoms with Crippen LogP contribution in [0.15, 0.2) is 60.7 Å². The number of para-hydroxylation sites is 1. The molecule has 0 bridgehead atoms. The minimum atomic E-state index is -0.114. The van der Waals surface area contributed by atoms with Crippen LogP contribution in [0.5, 0.6) is 11.5 Å². The van der Waals surface area contributed by atoms with Gasteiger partial charge in [0.25, 0.3) is 5.91 Å². The van der Waals surface area contributed by atoms with Crippen LogP contribution in [0.3, 0.4) is 0 Å². The molecule has 1 aliphatic carbocycles. The molecule has 0 unspecified atom stereocenters. The van der Waals surface area contributed by atoms with Gasteiger partial charge < -0.3 is 14.8 Å². The molecule has 5 rings (SSSR count). The summed E-state index contributed by atoms with van der Waals surface area (Å²) in [4.78, 5) is 12.7. The Hall–Kier alpha value is -3.54. The highest BCUT2D eigenvalue weighted by molar-refractivity contribution is 5.95. The number of carbonyl (C=O) groups is 1. The summed E-state index contributed by atoms with van der Waals surface area (Å²) in [6, 6.07) is 15.4. The number of ether oxygens (including phenoxy) is 2. The number of fused-ring (bicyclic) bond motifs is 1. The topological polar surface area (TPSA) is 65.4 Å². The van der Waals surface area contributed by atoms with Crippen molar-refractivity contribution in [2.24, 2.45) is 0 Å². The van der Waals surface area contributed by atoms with Crippen LogP contribution in [0.2, 0.25) is 0 Å². The van der Waals surface area contributed by atoms with E-state index in [0.29, 0.717) is 17.1 Å². The summed E-state index contributed by atoms with van der Waals surface area (Å²) in [5, 5.41) is 7.88. The Morgan fingerprint density at radius 3 is 2.70 bits per heavy atom. The van der Waals surface area contributed by atoms with E-state index >= 15 is 0 Å². The molecule has 0 radical (unpaired) electrons. The maximum absolute atomic E-state index is 12.7. The SMILES string of the molecule is Cc1nn(-c2ccccc2)c(C)c1[C@@H]1C=C[C@@H](NC(=O)c2ccc3c(c2)OCO3)C1. The highest BCUT2D eigenvalue weighted by atomic mass is 16.7. The first-order valence-corrected chi connectivity index (χ1v) is 10.1. The first-order chi connectivity index (χ1) is 14.6. The van der Waals surface area contributed by atoms with E-state index in [2.05, 4.69) is 36.5 Å². The first kappa shape index (κ1) is 18.5. The van der Waals surface area contributed by atoms with Crippen molar-refractivity contribution in [2.75, 3.05) is 6.79 Å². The van der Waals surface area contributed by atoms with Crippen molar-refractivity contribution in [1.29, 1.82) is 0 Å². The quantitative estimate of drug-likeness (QED) is 0.670. The molecule has 1 amide bonds. The lowest BCUT2D eigenvalue weighted by molar-refractivity contribution is 0.0943. The normalized spacial score (nSPS) is 19.3. The van der Waals surface area contributed by atoms with Crippen molar-refractivity contribution in [3.05, 3.63) is 83.2 Å². The Kier molecular flexibility index (Phi) is 4.54. The summed E-state index contributed by atoms with van der Waals surface area (Å²) in [5.74, 6) is 1.40. The zero-order chi connectivity index (χ0) is 20.7. The van der Waals surface area contributed by atoms with Gasteiger partial charge in [-0.25, -0.2) is 4.68 Å². The third-order valence-electron chi connectivity index (χ3n) is 5.75. The number of hydrogen-bond acceptors (Lipinski definition) is 4. The van der Waals surface area contributed by atoms with E-state index < -0.39 is 0 Å². The van der Waals surface area contributed by atoms with Gasteiger partial charge in [-0.3, -0.25) is 4.79 Å². The molecule has 2 aliphatic rings. The number of carbonyl (C=O) groups excluding carboxylic acids is 1. The molecule has 1 N–H and O–H groups in total. The molecule has 0 saturated heterocycles. The van der Waals surface area contributed by atoms with Gasteiger partial charge in [-0.2, -0.15) is 5.10 Å². The molecule has 6 heteroatoms. The monoisotopic (exact) mass is 401 g/mol. The minimum absolute atomic E-state index is 0.0215. The number of allylic oxidation sites excluding steroid dienone is 1. The van der Waals surface area contributed by atoms with Crippen LogP contribution in [0.25, 0.3) is 5.69 Å². The molecule has 152 valence electrons. The van der Waals surface area contributed by atoms with E-state index in [0.717, 1.165) is 23.5 Å². The molecule has 0 saturated carbocycles. The molecule has 1 aromatic heterocycles. The Bertz CT molecular complexity index is 1130. The smallest absolute Gasteiger partial charge is 0.251 e. The number of nitrogens with one attached hydrogen (secondary N) is 1. The number of amides is 1. The summed E-state index contributed by atoms with van der Waals surface area (Å²) >= 11 is 0. The molecular weight excluding hydrogens is 378 g/mol. The molecule has 3 aromatic rings. The van der Waals surface area contributed by atoms with Crippen molar-refractivity contribution in [1.82, 2.24) is 15.1 Å². The lowest BCUT2D eigenvalue weighted by Gasteiger charge is -2.15. The van der Waals surface area contributed by atoms with Crippen LogP contribution >= 0.6 is 0 Å². The lowest BCUT2D eigenvalue weighted by Crippen LogP contribution is -2.32. The average Bonchev–Trinajstić information content (AvgIpc) is 3.47. The highest BCUT2D eigenvalue weighted by Gasteiger charge is 2.27. The van der Waals surface area contributed by atoms with E-state index in [9.17, 15) is 4.79 Å². The molecule has 6 nitrogen and oxygen atoms in total. The minimum Gasteiger partial charge on any atom is -0.454 e. The van der Waals surface area contributed by atoms with Gasteiger partial charge in [0.1, 0.15) is 0 Å². The molecule has 0 spiro atoms. The highest BCUT2D eigenvalue weighted by Crippen LogP contribution is 2.35. The Morgan fingerprint density at radius 2 is 1.87 bits per heavy atom. The zero-order valence-electron chi connectivity index (χ0n) is 17.0. The van der Waals surface area contributed by atoms with E-state index in [4.69, 9.17) is 14.6 Å². The Morgan fingerprint density at radius 1 is 1.07 bits per heavy atom. The van der Waals surface area contributed by atoms with Crippen LogP contribution in [0, 0.1) is 13.8 Å². The maximum atomic E-state index is 12.7. The van der Waals surface area contributed by atoms with Gasteiger partial charge in [0, 0.05) is 28.8 Å². The summed E-state index contributed by atoms with van der Waals surface area (Å²) in [6.45, 7) is 4.35. The maximum Gasteiger partial charge on any atom is 0.251 e. The molecule has 30 heavy (non-hydrogen) atoms. The van der Waals surface area contributed by atoms with Crippen molar-refractivity contribution < 1.29 is 14.3 Å². The predicted molar refractivity (Wildman–Crippen MR) is 113 cm³/mol. The molecule has 2 atom stereocenters. The molecular formula is C24H23N3O3. The van der Waals surface area contributed by atoms with Gasteiger partial charge in [-0.15, -0.1) is 0 Å². The third kappa shape index (κ3) is 3.24. The van der Waals surface area contributed by atoms with Crippen LogP contribution in [0.1, 0.15) is 39.6 Å². The number of hydrogen-bond donors (Lipinski definition) is 1. The fourth-order valence-electron chi connectivity index (χ4n) is 4.32. The number of aromatic nitrogens is 2.